The maximum Gasteiger partial charge on any atom is 0.231 e. The van der Waals surface area contributed by atoms with E-state index in [1.807, 2.05) is 78.6 Å². The van der Waals surface area contributed by atoms with Gasteiger partial charge in [-0.1, -0.05) is 54.6 Å². The van der Waals surface area contributed by atoms with Gasteiger partial charge < -0.3 is 15.0 Å². The van der Waals surface area contributed by atoms with Gasteiger partial charge in [0.05, 0.1) is 37.0 Å². The van der Waals surface area contributed by atoms with Crippen LogP contribution < -0.4 is 15.0 Å². The average Bonchev–Trinajstić information content (AvgIpc) is 2.75. The van der Waals surface area contributed by atoms with E-state index in [0.717, 1.165) is 22.7 Å². The Labute approximate surface area is 165 Å². The third-order valence-electron chi connectivity index (χ3n) is 4.98. The van der Waals surface area contributed by atoms with E-state index in [2.05, 4.69) is 17.4 Å². The minimum absolute atomic E-state index is 0.0698. The minimum Gasteiger partial charge on any atom is -0.494 e. The molecule has 0 aliphatic carbocycles. The highest BCUT2D eigenvalue weighted by atomic mass is 16.5. The fourth-order valence-electron chi connectivity index (χ4n) is 3.60. The molecule has 0 saturated carbocycles. The Morgan fingerprint density at radius 2 is 1.71 bits per heavy atom. The van der Waals surface area contributed by atoms with Crippen molar-refractivity contribution in [3.63, 3.8) is 0 Å². The Hall–Kier alpha value is -3.27. The van der Waals surface area contributed by atoms with Crippen LogP contribution in [0.5, 0.6) is 5.75 Å². The lowest BCUT2D eigenvalue weighted by Gasteiger charge is -2.36. The number of carbonyl (C=O) groups excluding carboxylic acids is 1. The van der Waals surface area contributed by atoms with Gasteiger partial charge in [0, 0.05) is 0 Å². The lowest BCUT2D eigenvalue weighted by molar-refractivity contribution is -0.118. The van der Waals surface area contributed by atoms with E-state index < -0.39 is 0 Å². The second-order valence-corrected chi connectivity index (χ2v) is 6.88. The molecule has 4 nitrogen and oxygen atoms in total. The van der Waals surface area contributed by atoms with E-state index in [9.17, 15) is 4.79 Å². The molecule has 142 valence electrons. The van der Waals surface area contributed by atoms with Crippen molar-refractivity contribution in [3.8, 4) is 5.75 Å². The zero-order valence-electron chi connectivity index (χ0n) is 16.0. The smallest absolute Gasteiger partial charge is 0.231 e. The Morgan fingerprint density at radius 1 is 1.00 bits per heavy atom. The number of nitrogens with zero attached hydrogens (tertiary/aromatic N) is 1. The lowest BCUT2D eigenvalue weighted by Crippen LogP contribution is -2.41. The van der Waals surface area contributed by atoms with E-state index in [0.29, 0.717) is 19.6 Å². The maximum atomic E-state index is 13.2. The molecule has 0 bridgehead atoms. The highest BCUT2D eigenvalue weighted by Crippen LogP contribution is 2.35. The molecule has 1 N–H and O–H groups in total. The van der Waals surface area contributed by atoms with Crippen molar-refractivity contribution < 1.29 is 9.53 Å². The molecule has 0 aromatic heterocycles. The van der Waals surface area contributed by atoms with Crippen LogP contribution in [0.1, 0.15) is 24.1 Å². The monoisotopic (exact) mass is 372 g/mol. The average molecular weight is 372 g/mol. The first kappa shape index (κ1) is 18.1. The van der Waals surface area contributed by atoms with Gasteiger partial charge in [0.2, 0.25) is 5.91 Å². The van der Waals surface area contributed by atoms with Crippen molar-refractivity contribution in [2.24, 2.45) is 0 Å². The summed E-state index contributed by atoms with van der Waals surface area (Å²) < 4.78 is 5.49. The molecular weight excluding hydrogens is 348 g/mol. The first-order chi connectivity index (χ1) is 13.7. The number of anilines is 2. The van der Waals surface area contributed by atoms with Crippen LogP contribution in [-0.2, 0) is 11.2 Å². The van der Waals surface area contributed by atoms with Crippen molar-refractivity contribution >= 4 is 17.3 Å². The standard InChI is InChI=1S/C24H24N2O2/c1-2-28-20-14-12-18(13-15-20)16-24(27)26-17-22(19-8-4-3-5-9-19)25-21-10-6-7-11-23(21)26/h3-15,22,25H,2,16-17H2,1H3. The third kappa shape index (κ3) is 3.86. The summed E-state index contributed by atoms with van der Waals surface area (Å²) in [6.45, 7) is 3.20. The van der Waals surface area contributed by atoms with E-state index in [-0.39, 0.29) is 11.9 Å². The first-order valence-corrected chi connectivity index (χ1v) is 9.67. The number of para-hydroxylation sites is 2. The summed E-state index contributed by atoms with van der Waals surface area (Å²) in [5.74, 6) is 0.925. The summed E-state index contributed by atoms with van der Waals surface area (Å²) in [7, 11) is 0. The molecule has 1 atom stereocenters. The molecule has 1 heterocycles. The predicted molar refractivity (Wildman–Crippen MR) is 113 cm³/mol. The Bertz CT molecular complexity index is 938. The highest BCUT2D eigenvalue weighted by molar-refractivity contribution is 5.99. The summed E-state index contributed by atoms with van der Waals surface area (Å²) in [4.78, 5) is 15.1. The number of hydrogen-bond donors (Lipinski definition) is 1. The molecular formula is C24H24N2O2. The number of fused-ring (bicyclic) bond motifs is 1. The van der Waals surface area contributed by atoms with E-state index in [1.165, 1.54) is 5.56 Å². The highest BCUT2D eigenvalue weighted by Gasteiger charge is 2.28. The maximum absolute atomic E-state index is 13.2. The summed E-state index contributed by atoms with van der Waals surface area (Å²) in [6.07, 6.45) is 0.363. The number of rotatable bonds is 5. The van der Waals surface area contributed by atoms with Crippen LogP contribution in [0, 0.1) is 0 Å². The van der Waals surface area contributed by atoms with Crippen LogP contribution in [0.4, 0.5) is 11.4 Å². The fourth-order valence-corrected chi connectivity index (χ4v) is 3.60. The number of hydrogen-bond acceptors (Lipinski definition) is 3. The number of amides is 1. The van der Waals surface area contributed by atoms with Gasteiger partial charge in [0.25, 0.3) is 0 Å². The van der Waals surface area contributed by atoms with Crippen LogP contribution in [0.3, 0.4) is 0 Å². The van der Waals surface area contributed by atoms with Crippen LogP contribution in [-0.4, -0.2) is 19.1 Å². The molecule has 0 radical (unpaired) electrons. The van der Waals surface area contributed by atoms with Crippen molar-refractivity contribution in [2.75, 3.05) is 23.4 Å². The lowest BCUT2D eigenvalue weighted by atomic mass is 10.0. The van der Waals surface area contributed by atoms with Gasteiger partial charge in [0.1, 0.15) is 5.75 Å². The van der Waals surface area contributed by atoms with Crippen LogP contribution >= 0.6 is 0 Å². The van der Waals surface area contributed by atoms with Crippen molar-refractivity contribution in [3.05, 3.63) is 90.0 Å². The SMILES string of the molecule is CCOc1ccc(CC(=O)N2CC(c3ccccc3)Nc3ccccc32)cc1. The van der Waals surface area contributed by atoms with E-state index in [4.69, 9.17) is 4.74 Å². The molecule has 1 aliphatic heterocycles. The number of carbonyl (C=O) groups is 1. The van der Waals surface area contributed by atoms with Crippen LogP contribution in [0.15, 0.2) is 78.9 Å². The molecule has 1 unspecified atom stereocenters. The van der Waals surface area contributed by atoms with Gasteiger partial charge in [-0.15, -0.1) is 0 Å². The van der Waals surface area contributed by atoms with E-state index >= 15 is 0 Å². The van der Waals surface area contributed by atoms with Gasteiger partial charge >= 0.3 is 0 Å². The van der Waals surface area contributed by atoms with Gasteiger partial charge in [-0.25, -0.2) is 0 Å². The number of ether oxygens (including phenoxy) is 1. The van der Waals surface area contributed by atoms with Crippen molar-refractivity contribution in [2.45, 2.75) is 19.4 Å². The minimum atomic E-state index is 0.0698. The largest absolute Gasteiger partial charge is 0.494 e. The molecule has 3 aromatic rings. The first-order valence-electron chi connectivity index (χ1n) is 9.67. The molecule has 0 fully saturated rings. The Balaban J connectivity index is 1.57. The summed E-state index contributed by atoms with van der Waals surface area (Å²) >= 11 is 0. The molecule has 28 heavy (non-hydrogen) atoms. The Kier molecular flexibility index (Phi) is 5.29. The summed E-state index contributed by atoms with van der Waals surface area (Å²) in [6, 6.07) is 26.1. The second kappa shape index (κ2) is 8.17. The van der Waals surface area contributed by atoms with Crippen molar-refractivity contribution in [1.29, 1.82) is 0 Å². The third-order valence-corrected chi connectivity index (χ3v) is 4.98. The summed E-state index contributed by atoms with van der Waals surface area (Å²) in [5.41, 5.74) is 4.09. The molecule has 3 aromatic carbocycles. The van der Waals surface area contributed by atoms with Crippen LogP contribution in [0.2, 0.25) is 0 Å². The van der Waals surface area contributed by atoms with Crippen molar-refractivity contribution in [1.82, 2.24) is 0 Å². The molecule has 1 aliphatic rings. The van der Waals surface area contributed by atoms with Gasteiger partial charge in [0.15, 0.2) is 0 Å². The zero-order valence-corrected chi connectivity index (χ0v) is 16.0. The topological polar surface area (TPSA) is 41.6 Å². The van der Waals surface area contributed by atoms with Gasteiger partial charge in [-0.3, -0.25) is 4.79 Å². The molecule has 0 spiro atoms. The molecule has 0 saturated heterocycles. The predicted octanol–water partition coefficient (Wildman–Crippen LogP) is 4.83. The van der Waals surface area contributed by atoms with Crippen LogP contribution in [0.25, 0.3) is 0 Å². The Morgan fingerprint density at radius 3 is 2.46 bits per heavy atom. The quantitative estimate of drug-likeness (QED) is 0.698. The molecule has 4 rings (SSSR count). The molecule has 4 heteroatoms. The van der Waals surface area contributed by atoms with Gasteiger partial charge in [-0.05, 0) is 42.3 Å². The second-order valence-electron chi connectivity index (χ2n) is 6.88. The normalized spacial score (nSPS) is 15.5. The summed E-state index contributed by atoms with van der Waals surface area (Å²) in [5, 5.41) is 3.57. The zero-order chi connectivity index (χ0) is 19.3. The fraction of sp³-hybridized carbons (Fsp3) is 0.208. The number of nitrogens with one attached hydrogen (secondary N) is 1. The van der Waals surface area contributed by atoms with E-state index in [1.54, 1.807) is 0 Å². The van der Waals surface area contributed by atoms with Gasteiger partial charge in [-0.2, -0.15) is 0 Å². The molecule has 1 amide bonds. The number of benzene rings is 3.